The molecule has 6 heterocycles. The first-order valence-electron chi connectivity index (χ1n) is 11.0. The van der Waals surface area contributed by atoms with Crippen LogP contribution in [0.1, 0.15) is 28.3 Å². The summed E-state index contributed by atoms with van der Waals surface area (Å²) in [6, 6.07) is 8.34. The summed E-state index contributed by atoms with van der Waals surface area (Å²) in [7, 11) is 6.37. The number of aromatic nitrogens is 4. The van der Waals surface area contributed by atoms with Crippen molar-refractivity contribution >= 4 is 0 Å². The molecule has 0 radical (unpaired) electrons. The molecule has 3 aliphatic heterocycles. The molecule has 3 aromatic heterocycles. The van der Waals surface area contributed by atoms with Gasteiger partial charge in [0.1, 0.15) is 5.82 Å². The maximum atomic E-state index is 4.33. The van der Waals surface area contributed by atoms with E-state index in [1.165, 1.54) is 34.9 Å². The Morgan fingerprint density at radius 2 is 1.32 bits per heavy atom. The summed E-state index contributed by atoms with van der Waals surface area (Å²) >= 11 is 0. The molecule has 0 saturated carbocycles. The molecule has 0 aliphatic carbocycles. The van der Waals surface area contributed by atoms with Gasteiger partial charge in [0.05, 0.1) is 17.9 Å². The van der Waals surface area contributed by atoms with Crippen LogP contribution in [0.2, 0.25) is 0 Å². The summed E-state index contributed by atoms with van der Waals surface area (Å²) in [6.45, 7) is 7.47. The molecule has 3 aromatic rings. The van der Waals surface area contributed by atoms with Crippen molar-refractivity contribution in [1.82, 2.24) is 34.2 Å². The van der Waals surface area contributed by atoms with Crippen molar-refractivity contribution in [2.24, 2.45) is 0 Å². The number of rotatable bonds is 0. The van der Waals surface area contributed by atoms with Crippen LogP contribution in [0.25, 0.3) is 0 Å². The Hall–Kier alpha value is -2.61. The molecule has 0 saturated heterocycles. The zero-order chi connectivity index (χ0) is 21.6. The highest BCUT2D eigenvalue weighted by molar-refractivity contribution is 5.23. The molecule has 0 unspecified atom stereocenters. The minimum atomic E-state index is 0.993. The number of fused-ring (bicyclic) bond motifs is 3. The number of nitrogens with zero attached hydrogens (tertiary/aromatic N) is 7. The van der Waals surface area contributed by atoms with Crippen molar-refractivity contribution in [2.45, 2.75) is 39.1 Å². The van der Waals surface area contributed by atoms with Crippen molar-refractivity contribution in [3.63, 3.8) is 0 Å². The zero-order valence-corrected chi connectivity index (χ0v) is 18.9. The molecule has 164 valence electrons. The van der Waals surface area contributed by atoms with E-state index in [2.05, 4.69) is 67.5 Å². The fraction of sp³-hybridized carbons (Fsp3) is 0.458. The van der Waals surface area contributed by atoms with Crippen LogP contribution in [-0.4, -0.2) is 68.5 Å². The summed E-state index contributed by atoms with van der Waals surface area (Å²) in [5.41, 5.74) is 5.29. The van der Waals surface area contributed by atoms with E-state index >= 15 is 0 Å². The average molecular weight is 420 g/mol. The summed E-state index contributed by atoms with van der Waals surface area (Å²) in [6.07, 6.45) is 8.80. The van der Waals surface area contributed by atoms with Gasteiger partial charge < -0.3 is 9.47 Å². The highest BCUT2D eigenvalue weighted by Crippen LogP contribution is 2.17. The van der Waals surface area contributed by atoms with E-state index in [1.54, 1.807) is 0 Å². The van der Waals surface area contributed by atoms with Gasteiger partial charge in [-0.1, -0.05) is 12.1 Å². The highest BCUT2D eigenvalue weighted by Gasteiger charge is 2.15. The fourth-order valence-electron chi connectivity index (χ4n) is 4.14. The molecule has 7 nitrogen and oxygen atoms in total. The van der Waals surface area contributed by atoms with Crippen molar-refractivity contribution in [2.75, 3.05) is 34.2 Å². The molecule has 7 heteroatoms. The number of hydrogen-bond donors (Lipinski definition) is 0. The number of likely N-dealkylation sites (N-methyl/N-ethyl adjacent to an activating group) is 2. The van der Waals surface area contributed by atoms with Crippen LogP contribution in [0.3, 0.4) is 0 Å². The van der Waals surface area contributed by atoms with Gasteiger partial charge in [-0.25, -0.2) is 4.98 Å². The van der Waals surface area contributed by atoms with Gasteiger partial charge in [0.15, 0.2) is 0 Å². The lowest BCUT2D eigenvalue weighted by Gasteiger charge is -2.23. The summed E-state index contributed by atoms with van der Waals surface area (Å²) in [5, 5.41) is 0. The van der Waals surface area contributed by atoms with Crippen LogP contribution >= 0.6 is 0 Å². The minimum Gasteiger partial charge on any atom is -0.333 e. The topological polar surface area (TPSA) is 53.3 Å². The van der Waals surface area contributed by atoms with E-state index in [4.69, 9.17) is 0 Å². The smallest absolute Gasteiger partial charge is 0.122 e. The SMILES string of the molecule is CN1CCc2cccnc2C1.CN1CCn2ccnc2C1.CN1Cc2cccnc2C1. The second-order valence-electron chi connectivity index (χ2n) is 8.65. The molecule has 3 aliphatic rings. The third-order valence-corrected chi connectivity index (χ3v) is 5.95. The summed E-state index contributed by atoms with van der Waals surface area (Å²) in [4.78, 5) is 19.7. The Bertz CT molecular complexity index is 958. The van der Waals surface area contributed by atoms with E-state index < -0.39 is 0 Å². The van der Waals surface area contributed by atoms with Gasteiger partial charge in [-0.05, 0) is 50.8 Å². The van der Waals surface area contributed by atoms with Gasteiger partial charge in [0, 0.05) is 64.1 Å². The fourth-order valence-corrected chi connectivity index (χ4v) is 4.14. The molecule has 6 rings (SSSR count). The van der Waals surface area contributed by atoms with E-state index in [-0.39, 0.29) is 0 Å². The molecule has 0 N–H and O–H groups in total. The van der Waals surface area contributed by atoms with Gasteiger partial charge in [-0.2, -0.15) is 0 Å². The van der Waals surface area contributed by atoms with Crippen LogP contribution in [0.5, 0.6) is 0 Å². The van der Waals surface area contributed by atoms with Crippen LogP contribution in [0.4, 0.5) is 0 Å². The predicted octanol–water partition coefficient (Wildman–Crippen LogP) is 2.42. The van der Waals surface area contributed by atoms with Crippen LogP contribution in [0, 0.1) is 0 Å². The lowest BCUT2D eigenvalue weighted by molar-refractivity contribution is 0.264. The summed E-state index contributed by atoms with van der Waals surface area (Å²) in [5.74, 6) is 1.19. The second kappa shape index (κ2) is 10.1. The van der Waals surface area contributed by atoms with Crippen molar-refractivity contribution in [1.29, 1.82) is 0 Å². The highest BCUT2D eigenvalue weighted by atomic mass is 15.2. The molecule has 0 atom stereocenters. The van der Waals surface area contributed by atoms with E-state index in [0.29, 0.717) is 0 Å². The Morgan fingerprint density at radius 3 is 2.10 bits per heavy atom. The molecular formula is C24H33N7. The number of imidazole rings is 1. The van der Waals surface area contributed by atoms with Gasteiger partial charge in [-0.15, -0.1) is 0 Å². The molecule has 0 amide bonds. The van der Waals surface area contributed by atoms with Crippen molar-refractivity contribution < 1.29 is 0 Å². The van der Waals surface area contributed by atoms with E-state index in [1.807, 2.05) is 36.9 Å². The summed E-state index contributed by atoms with van der Waals surface area (Å²) < 4.78 is 2.21. The Morgan fingerprint density at radius 1 is 0.645 bits per heavy atom. The van der Waals surface area contributed by atoms with E-state index in [0.717, 1.165) is 45.7 Å². The first-order valence-corrected chi connectivity index (χ1v) is 11.0. The lowest BCUT2D eigenvalue weighted by Crippen LogP contribution is -2.30. The third-order valence-electron chi connectivity index (χ3n) is 5.95. The monoisotopic (exact) mass is 419 g/mol. The van der Waals surface area contributed by atoms with Crippen LogP contribution in [-0.2, 0) is 39.1 Å². The Kier molecular flexibility index (Phi) is 7.06. The first kappa shape index (κ1) is 21.6. The second-order valence-corrected chi connectivity index (χ2v) is 8.65. The van der Waals surface area contributed by atoms with Crippen LogP contribution in [0.15, 0.2) is 49.1 Å². The van der Waals surface area contributed by atoms with Crippen LogP contribution < -0.4 is 0 Å². The Labute approximate surface area is 185 Å². The van der Waals surface area contributed by atoms with E-state index in [9.17, 15) is 0 Å². The number of pyridine rings is 2. The van der Waals surface area contributed by atoms with Gasteiger partial charge >= 0.3 is 0 Å². The maximum absolute atomic E-state index is 4.33. The zero-order valence-electron chi connectivity index (χ0n) is 18.9. The standard InChI is InChI=1S/C9H12N2.C8H10N2.C7H11N3/c1-11-6-4-8-3-2-5-10-9(8)7-11;1-10-5-7-3-2-4-9-8(7)6-10;1-9-4-5-10-3-2-8-7(10)6-9/h2-3,5H,4,6-7H2,1H3;2-4H,5-6H2,1H3;2-3H,4-6H2,1H3. The largest absolute Gasteiger partial charge is 0.333 e. The van der Waals surface area contributed by atoms with Gasteiger partial charge in [-0.3, -0.25) is 19.8 Å². The quantitative estimate of drug-likeness (QED) is 0.558. The minimum absolute atomic E-state index is 0.993. The molecule has 0 spiro atoms. The predicted molar refractivity (Wildman–Crippen MR) is 122 cm³/mol. The first-order chi connectivity index (χ1) is 15.1. The Balaban J connectivity index is 0.000000112. The van der Waals surface area contributed by atoms with Gasteiger partial charge in [0.25, 0.3) is 0 Å². The molecule has 0 fully saturated rings. The lowest BCUT2D eigenvalue weighted by atomic mass is 10.1. The van der Waals surface area contributed by atoms with Crippen molar-refractivity contribution in [3.8, 4) is 0 Å². The molecular weight excluding hydrogens is 386 g/mol. The molecule has 31 heavy (non-hydrogen) atoms. The molecule has 0 aromatic carbocycles. The van der Waals surface area contributed by atoms with Crippen molar-refractivity contribution in [3.05, 3.63) is 77.4 Å². The average Bonchev–Trinajstić information content (AvgIpc) is 3.39. The number of hydrogen-bond acceptors (Lipinski definition) is 6. The van der Waals surface area contributed by atoms with Gasteiger partial charge in [0.2, 0.25) is 0 Å². The normalized spacial score (nSPS) is 18.0. The maximum Gasteiger partial charge on any atom is 0.122 e. The third kappa shape index (κ3) is 5.76. The molecule has 0 bridgehead atoms.